The van der Waals surface area contributed by atoms with Crippen molar-refractivity contribution >= 4 is 27.3 Å². The zero-order chi connectivity index (χ0) is 21.5. The predicted octanol–water partition coefficient (Wildman–Crippen LogP) is 3.42. The Kier molecular flexibility index (Phi) is 8.24. The van der Waals surface area contributed by atoms with Crippen molar-refractivity contribution < 1.29 is 8.42 Å². The Hall–Kier alpha value is -1.90. The van der Waals surface area contributed by atoms with E-state index in [0.717, 1.165) is 24.3 Å². The van der Waals surface area contributed by atoms with E-state index >= 15 is 0 Å². The zero-order valence-corrected chi connectivity index (χ0v) is 19.5. The highest BCUT2D eigenvalue weighted by Gasteiger charge is 2.28. The van der Waals surface area contributed by atoms with Gasteiger partial charge in [0, 0.05) is 38.0 Å². The fourth-order valence-corrected chi connectivity index (χ4v) is 5.68. The SMILES string of the molecule is CCC(CC)(CNC(=NC)NCc1ccc(S(=O)(=O)N(C)C)s1)c1ccccc1. The maximum absolute atomic E-state index is 12.2. The molecule has 6 nitrogen and oxygen atoms in total. The van der Waals surface area contributed by atoms with Gasteiger partial charge in [-0.25, -0.2) is 12.7 Å². The van der Waals surface area contributed by atoms with E-state index in [1.54, 1.807) is 27.2 Å². The van der Waals surface area contributed by atoms with Gasteiger partial charge in [0.15, 0.2) is 5.96 Å². The highest BCUT2D eigenvalue weighted by molar-refractivity contribution is 7.91. The normalized spacial score (nSPS) is 13.0. The minimum absolute atomic E-state index is 0.0365. The van der Waals surface area contributed by atoms with Crippen LogP contribution in [0.25, 0.3) is 0 Å². The first kappa shape index (κ1) is 23.4. The number of nitrogens with one attached hydrogen (secondary N) is 2. The third-order valence-electron chi connectivity index (χ3n) is 5.36. The number of hydrogen-bond acceptors (Lipinski definition) is 4. The fraction of sp³-hybridized carbons (Fsp3) is 0.476. The second kappa shape index (κ2) is 10.2. The van der Waals surface area contributed by atoms with Gasteiger partial charge in [0.1, 0.15) is 4.21 Å². The highest BCUT2D eigenvalue weighted by Crippen LogP contribution is 2.30. The molecular formula is C21H32N4O2S2. The minimum atomic E-state index is -3.39. The Labute approximate surface area is 179 Å². The molecule has 0 spiro atoms. The number of guanidine groups is 1. The topological polar surface area (TPSA) is 73.8 Å². The Morgan fingerprint density at radius 1 is 1.07 bits per heavy atom. The number of sulfonamides is 1. The molecule has 1 aromatic heterocycles. The highest BCUT2D eigenvalue weighted by atomic mass is 32.2. The summed E-state index contributed by atoms with van der Waals surface area (Å²) in [5.74, 6) is 0.706. The van der Waals surface area contributed by atoms with Gasteiger partial charge < -0.3 is 10.6 Å². The van der Waals surface area contributed by atoms with Crippen LogP contribution >= 0.6 is 11.3 Å². The van der Waals surface area contributed by atoms with E-state index in [2.05, 4.69) is 53.7 Å². The zero-order valence-electron chi connectivity index (χ0n) is 17.9. The van der Waals surface area contributed by atoms with E-state index in [9.17, 15) is 8.42 Å². The van der Waals surface area contributed by atoms with Gasteiger partial charge in [-0.1, -0.05) is 44.2 Å². The van der Waals surface area contributed by atoms with E-state index in [1.807, 2.05) is 12.1 Å². The average Bonchev–Trinajstić information content (AvgIpc) is 3.21. The lowest BCUT2D eigenvalue weighted by atomic mass is 9.76. The number of thiophene rings is 1. The van der Waals surface area contributed by atoms with E-state index in [4.69, 9.17) is 0 Å². The quantitative estimate of drug-likeness (QED) is 0.467. The largest absolute Gasteiger partial charge is 0.356 e. The van der Waals surface area contributed by atoms with Crippen LogP contribution in [0.2, 0.25) is 0 Å². The van der Waals surface area contributed by atoms with Gasteiger partial charge in [-0.3, -0.25) is 4.99 Å². The molecule has 0 unspecified atom stereocenters. The van der Waals surface area contributed by atoms with Crippen LogP contribution in [0.1, 0.15) is 37.1 Å². The number of rotatable bonds is 9. The monoisotopic (exact) mass is 436 g/mol. The molecule has 0 atom stereocenters. The molecule has 2 aromatic rings. The summed E-state index contributed by atoms with van der Waals surface area (Å²) in [7, 11) is 1.44. The summed E-state index contributed by atoms with van der Waals surface area (Å²) in [4.78, 5) is 5.26. The second-order valence-corrected chi connectivity index (χ2v) is 10.7. The molecule has 0 aliphatic carbocycles. The summed E-state index contributed by atoms with van der Waals surface area (Å²) in [6.45, 7) is 5.72. The first-order valence-corrected chi connectivity index (χ1v) is 12.1. The molecule has 2 rings (SSSR count). The van der Waals surface area contributed by atoms with Gasteiger partial charge in [-0.2, -0.15) is 0 Å². The summed E-state index contributed by atoms with van der Waals surface area (Å²) in [5.41, 5.74) is 1.36. The number of nitrogens with zero attached hydrogens (tertiary/aromatic N) is 2. The third-order valence-corrected chi connectivity index (χ3v) is 8.73. The van der Waals surface area contributed by atoms with Crippen molar-refractivity contribution in [3.63, 3.8) is 0 Å². The molecule has 29 heavy (non-hydrogen) atoms. The molecular weight excluding hydrogens is 404 g/mol. The Bertz CT molecular complexity index is 902. The van der Waals surface area contributed by atoms with Crippen LogP contribution in [-0.2, 0) is 22.0 Å². The van der Waals surface area contributed by atoms with E-state index in [0.29, 0.717) is 16.7 Å². The van der Waals surface area contributed by atoms with Crippen LogP contribution in [0.5, 0.6) is 0 Å². The summed E-state index contributed by atoms with van der Waals surface area (Å²) in [5, 5.41) is 6.75. The maximum Gasteiger partial charge on any atom is 0.252 e. The Morgan fingerprint density at radius 3 is 2.28 bits per heavy atom. The lowest BCUT2D eigenvalue weighted by Gasteiger charge is -2.33. The Morgan fingerprint density at radius 2 is 1.72 bits per heavy atom. The van der Waals surface area contributed by atoms with Gasteiger partial charge in [0.2, 0.25) is 0 Å². The molecule has 2 N–H and O–H groups in total. The maximum atomic E-state index is 12.2. The molecule has 8 heteroatoms. The van der Waals surface area contributed by atoms with Gasteiger partial charge in [0.05, 0.1) is 6.54 Å². The van der Waals surface area contributed by atoms with Crippen LogP contribution in [0.3, 0.4) is 0 Å². The molecule has 0 saturated carbocycles. The number of aliphatic imine (C=N–C) groups is 1. The standard InChI is InChI=1S/C21H32N4O2S2/c1-6-21(7-2,17-11-9-8-10-12-17)16-24-20(22-3)23-15-18-13-14-19(28-18)29(26,27)25(4)5/h8-14H,6-7,15-16H2,1-5H3,(H2,22,23,24). The van der Waals surface area contributed by atoms with Gasteiger partial charge in [-0.05, 0) is 30.5 Å². The smallest absolute Gasteiger partial charge is 0.252 e. The molecule has 1 heterocycles. The third kappa shape index (κ3) is 5.58. The lowest BCUT2D eigenvalue weighted by Crippen LogP contribution is -2.45. The van der Waals surface area contributed by atoms with E-state index in [-0.39, 0.29) is 5.41 Å². The fourth-order valence-electron chi connectivity index (χ4n) is 3.22. The van der Waals surface area contributed by atoms with Gasteiger partial charge in [0.25, 0.3) is 10.0 Å². The van der Waals surface area contributed by atoms with Crippen molar-refractivity contribution in [1.82, 2.24) is 14.9 Å². The van der Waals surface area contributed by atoms with Crippen molar-refractivity contribution in [3.8, 4) is 0 Å². The molecule has 0 aliphatic rings. The van der Waals surface area contributed by atoms with Crippen molar-refractivity contribution in [2.75, 3.05) is 27.7 Å². The summed E-state index contributed by atoms with van der Waals surface area (Å²) in [6.07, 6.45) is 2.04. The van der Waals surface area contributed by atoms with Crippen molar-refractivity contribution in [1.29, 1.82) is 0 Å². The van der Waals surface area contributed by atoms with Crippen LogP contribution in [0, 0.1) is 0 Å². The molecule has 0 bridgehead atoms. The second-order valence-electron chi connectivity index (χ2n) is 7.14. The molecule has 160 valence electrons. The van der Waals surface area contributed by atoms with Gasteiger partial charge >= 0.3 is 0 Å². The number of benzene rings is 1. The molecule has 0 aliphatic heterocycles. The summed E-state index contributed by atoms with van der Waals surface area (Å²) < 4.78 is 26.0. The predicted molar refractivity (Wildman–Crippen MR) is 122 cm³/mol. The van der Waals surface area contributed by atoms with Crippen LogP contribution in [0.4, 0.5) is 0 Å². The van der Waals surface area contributed by atoms with Crippen molar-refractivity contribution in [3.05, 3.63) is 52.9 Å². The minimum Gasteiger partial charge on any atom is -0.356 e. The number of hydrogen-bond donors (Lipinski definition) is 2. The molecule has 1 aromatic carbocycles. The first-order chi connectivity index (χ1) is 13.8. The van der Waals surface area contributed by atoms with Crippen LogP contribution < -0.4 is 10.6 Å². The average molecular weight is 437 g/mol. The molecule has 0 fully saturated rings. The van der Waals surface area contributed by atoms with Crippen molar-refractivity contribution in [2.45, 2.75) is 42.9 Å². The Balaban J connectivity index is 2.02. The van der Waals surface area contributed by atoms with Crippen LogP contribution in [0.15, 0.2) is 51.7 Å². The molecule has 0 saturated heterocycles. The van der Waals surface area contributed by atoms with Crippen molar-refractivity contribution in [2.24, 2.45) is 4.99 Å². The van der Waals surface area contributed by atoms with E-state index in [1.165, 1.54) is 21.2 Å². The molecule has 0 radical (unpaired) electrons. The lowest BCUT2D eigenvalue weighted by molar-refractivity contribution is 0.389. The van der Waals surface area contributed by atoms with Gasteiger partial charge in [-0.15, -0.1) is 11.3 Å². The van der Waals surface area contributed by atoms with Crippen LogP contribution in [-0.4, -0.2) is 46.4 Å². The summed E-state index contributed by atoms with van der Waals surface area (Å²) in [6, 6.07) is 14.1. The van der Waals surface area contributed by atoms with E-state index < -0.39 is 10.0 Å². The first-order valence-electron chi connectivity index (χ1n) is 9.80. The summed E-state index contributed by atoms with van der Waals surface area (Å²) >= 11 is 1.28. The molecule has 0 amide bonds.